The number of nitrogens with zero attached hydrogens (tertiary/aromatic N) is 6. The van der Waals surface area contributed by atoms with Crippen LogP contribution in [0, 0.1) is 23.7 Å². The van der Waals surface area contributed by atoms with Crippen molar-refractivity contribution >= 4 is 57.5 Å². The van der Waals surface area contributed by atoms with Crippen molar-refractivity contribution in [3.05, 3.63) is 131 Å². The summed E-state index contributed by atoms with van der Waals surface area (Å²) in [4.78, 5) is 42.1. The zero-order chi connectivity index (χ0) is 60.1. The van der Waals surface area contributed by atoms with Gasteiger partial charge in [-0.05, 0) is 149 Å². The van der Waals surface area contributed by atoms with E-state index in [1.807, 2.05) is 6.07 Å². The maximum absolute atomic E-state index is 13.1. The minimum atomic E-state index is -4.83. The van der Waals surface area contributed by atoms with Crippen LogP contribution < -0.4 is 9.47 Å². The van der Waals surface area contributed by atoms with Gasteiger partial charge in [-0.2, -0.15) is 0 Å². The van der Waals surface area contributed by atoms with E-state index in [0.717, 1.165) is 87.1 Å². The lowest BCUT2D eigenvalue weighted by molar-refractivity contribution is -0.275. The molecule has 24 heteroatoms. The van der Waals surface area contributed by atoms with Crippen LogP contribution >= 0.6 is 23.5 Å². The molecule has 0 spiro atoms. The number of fused-ring (bicyclic) bond motifs is 6. The van der Waals surface area contributed by atoms with Gasteiger partial charge in [0, 0.05) is 44.6 Å². The number of carboxylic acid groups (broad SMARTS) is 1. The summed E-state index contributed by atoms with van der Waals surface area (Å²) < 4.78 is 117. The summed E-state index contributed by atoms with van der Waals surface area (Å²) in [5, 5.41) is 20.2. The maximum atomic E-state index is 13.1. The average molecular weight is 1240 g/mol. The number of benzene rings is 4. The van der Waals surface area contributed by atoms with Crippen molar-refractivity contribution in [2.45, 2.75) is 148 Å². The zero-order valence-electron chi connectivity index (χ0n) is 46.8. The number of halogens is 6. The largest absolute Gasteiger partial charge is 0.573 e. The van der Waals surface area contributed by atoms with Crippen molar-refractivity contribution in [1.82, 2.24) is 30.2 Å². The van der Waals surface area contributed by atoms with Crippen molar-refractivity contribution < 1.29 is 73.8 Å². The molecule has 1 N–H and O–H groups in total. The predicted octanol–water partition coefficient (Wildman–Crippen LogP) is 15.3. The smallest absolute Gasteiger partial charge is 0.478 e. The van der Waals surface area contributed by atoms with Crippen molar-refractivity contribution in [2.24, 2.45) is 23.7 Å². The molecule has 4 bridgehead atoms. The molecule has 87 heavy (non-hydrogen) atoms. The number of para-hydroxylation sites is 4. The number of aromatic nitrogens is 6. The van der Waals surface area contributed by atoms with Crippen LogP contribution in [0.1, 0.15) is 132 Å². The molecule has 4 aromatic carbocycles. The number of carbonyl (C=O) groups is 2. The van der Waals surface area contributed by atoms with E-state index in [0.29, 0.717) is 95.8 Å². The summed E-state index contributed by atoms with van der Waals surface area (Å²) in [6.45, 7) is 0.417. The highest BCUT2D eigenvalue weighted by Gasteiger charge is 2.46. The second-order valence-electron chi connectivity index (χ2n) is 23.1. The van der Waals surface area contributed by atoms with Gasteiger partial charge in [0.2, 0.25) is 0 Å². The summed E-state index contributed by atoms with van der Waals surface area (Å²) in [7, 11) is 1.35. The number of hydrogen-bond acceptors (Lipinski definition) is 17. The lowest BCUT2D eigenvalue weighted by Crippen LogP contribution is -2.32. The van der Waals surface area contributed by atoms with E-state index in [1.54, 1.807) is 84.4 Å². The number of carboxylic acids is 1. The monoisotopic (exact) mass is 1240 g/mol. The minimum Gasteiger partial charge on any atom is -0.478 e. The molecule has 0 saturated heterocycles. The molecule has 6 aliphatic rings. The van der Waals surface area contributed by atoms with E-state index < -0.39 is 24.7 Å². The van der Waals surface area contributed by atoms with E-state index in [-0.39, 0.29) is 65.4 Å². The molecular formula is C63H58F6N6O10S2. The van der Waals surface area contributed by atoms with E-state index in [1.165, 1.54) is 37.4 Å². The Labute approximate surface area is 502 Å². The van der Waals surface area contributed by atoms with Crippen LogP contribution in [-0.2, 0) is 27.4 Å². The second kappa shape index (κ2) is 24.4. The van der Waals surface area contributed by atoms with Gasteiger partial charge in [-0.1, -0.05) is 46.7 Å². The fourth-order valence-electron chi connectivity index (χ4n) is 13.2. The Hall–Kier alpha value is -7.28. The fourth-order valence-corrected chi connectivity index (χ4v) is 16.1. The number of carbonyl (C=O) groups excluding carboxylic acids is 1. The number of thioether (sulfide) groups is 2. The van der Waals surface area contributed by atoms with Gasteiger partial charge in [0.25, 0.3) is 0 Å². The molecule has 6 aliphatic carbocycles. The van der Waals surface area contributed by atoms with Crippen molar-refractivity contribution in [1.29, 1.82) is 0 Å². The third-order valence-electron chi connectivity index (χ3n) is 17.4. The predicted molar refractivity (Wildman–Crippen MR) is 306 cm³/mol. The minimum absolute atomic E-state index is 0.00614. The molecule has 4 unspecified atom stereocenters. The number of ether oxygens (including phenoxy) is 5. The lowest BCUT2D eigenvalue weighted by atomic mass is 9.86. The molecule has 4 atom stereocenters. The molecule has 14 rings (SSSR count). The Morgan fingerprint density at radius 2 is 0.977 bits per heavy atom. The number of aromatic carboxylic acids is 1. The van der Waals surface area contributed by atoms with Gasteiger partial charge in [0.05, 0.1) is 67.1 Å². The van der Waals surface area contributed by atoms with Gasteiger partial charge in [-0.15, -0.1) is 49.9 Å². The van der Waals surface area contributed by atoms with Crippen molar-refractivity contribution in [2.75, 3.05) is 7.11 Å². The molecular weight excluding hydrogens is 1180 g/mol. The topological polar surface area (TPSA) is 204 Å². The van der Waals surface area contributed by atoms with Gasteiger partial charge < -0.3 is 37.8 Å². The molecule has 4 aromatic heterocycles. The lowest BCUT2D eigenvalue weighted by Gasteiger charge is -2.34. The molecule has 0 radical (unpaired) electrons. The first-order valence-electron chi connectivity index (χ1n) is 29.1. The Kier molecular flexibility index (Phi) is 16.4. The first-order valence-corrected chi connectivity index (χ1v) is 30.8. The van der Waals surface area contributed by atoms with E-state index in [9.17, 15) is 41.0 Å². The van der Waals surface area contributed by atoms with Crippen LogP contribution in [0.4, 0.5) is 26.3 Å². The highest BCUT2D eigenvalue weighted by molar-refractivity contribution is 8.00. The first-order chi connectivity index (χ1) is 42.0. The molecule has 8 aromatic rings. The third kappa shape index (κ3) is 13.0. The second-order valence-corrected chi connectivity index (χ2v) is 25.5. The summed E-state index contributed by atoms with van der Waals surface area (Å²) in [5.41, 5.74) is 5.16. The van der Waals surface area contributed by atoms with E-state index in [2.05, 4.69) is 29.8 Å². The number of methoxy groups -OCH3 is 1. The van der Waals surface area contributed by atoms with E-state index >= 15 is 0 Å². The Morgan fingerprint density at radius 3 is 1.38 bits per heavy atom. The summed E-state index contributed by atoms with van der Waals surface area (Å²) in [6.07, 6.45) is 5.44. The molecule has 4 heterocycles. The van der Waals surface area contributed by atoms with Gasteiger partial charge in [-0.3, -0.25) is 9.97 Å². The number of esters is 1. The quantitative estimate of drug-likeness (QED) is 0.0626. The SMILES string of the molecule is COC(=O)c1cccc2nc(SC3C4CCC3CC(OCc3c(-c5ccccc5OC(F)(F)F)noc3C3CC3)C4)cnc12.O=C(O)c1cccc2nc(SC3C4CCC3CC(OCc3c(-c5ccccc5OC(F)(F)F)noc3C3CC3)C4)cnc12. The Morgan fingerprint density at radius 1 is 0.563 bits per heavy atom. The molecule has 0 aliphatic heterocycles. The van der Waals surface area contributed by atoms with Gasteiger partial charge >= 0.3 is 24.7 Å². The average Bonchev–Trinajstić information content (AvgIpc) is 2.22. The number of rotatable bonds is 18. The van der Waals surface area contributed by atoms with Crippen LogP contribution in [0.3, 0.4) is 0 Å². The first kappa shape index (κ1) is 58.7. The summed E-state index contributed by atoms with van der Waals surface area (Å²) in [5.74, 6) is 1.40. The van der Waals surface area contributed by atoms with Crippen molar-refractivity contribution in [3.8, 4) is 34.0 Å². The standard InChI is InChI=1S/C32H30F3N3O5S.C31H28F3N3O5S/c1-40-31(39)22-6-4-7-24-28(22)36-15-26(37-24)44-30-18-11-12-19(30)14-20(13-18)41-16-23-27(38-43-29(23)17-9-10-17)21-5-2-3-8-25(21)42-32(33,34)35;32-31(33,34)41-24-7-2-1-4-20(24)26-22(28(42-37-26)16-8-9-16)15-40-19-12-17-10-11-18(13-19)29(17)43-25-14-35-27-21(30(38)39)5-3-6-23(27)36-25/h2-8,15,17-20,30H,9-14,16H2,1H3;1-7,14,16-19,29H,8-13,15H2,(H,38,39). The summed E-state index contributed by atoms with van der Waals surface area (Å²) in [6, 6.07) is 22.3. The normalized spacial score (nSPS) is 23.3. The highest BCUT2D eigenvalue weighted by atomic mass is 32.2. The number of alkyl halides is 6. The Bertz CT molecular complexity index is 3830. The number of hydrogen-bond donors (Lipinski definition) is 1. The summed E-state index contributed by atoms with van der Waals surface area (Å²) >= 11 is 3.44. The zero-order valence-corrected chi connectivity index (χ0v) is 48.4. The highest BCUT2D eigenvalue weighted by Crippen LogP contribution is 2.54. The fraction of sp³-hybridized carbons (Fsp3) is 0.429. The van der Waals surface area contributed by atoms with Crippen molar-refractivity contribution in [3.63, 3.8) is 0 Å². The molecule has 6 saturated carbocycles. The maximum Gasteiger partial charge on any atom is 0.573 e. The van der Waals surface area contributed by atoms with E-state index in [4.69, 9.17) is 33.2 Å². The third-order valence-corrected chi connectivity index (χ3v) is 20.3. The molecule has 0 amide bonds. The Balaban J connectivity index is 0.000000161. The van der Waals surface area contributed by atoms with Crippen LogP contribution in [0.15, 0.2) is 116 Å². The molecule has 16 nitrogen and oxygen atoms in total. The van der Waals surface area contributed by atoms with Gasteiger partial charge in [-0.25, -0.2) is 19.6 Å². The van der Waals surface area contributed by atoms with Crippen LogP contribution in [0.5, 0.6) is 11.5 Å². The molecule has 6 fully saturated rings. The van der Waals surface area contributed by atoms with Gasteiger partial charge in [0.15, 0.2) is 0 Å². The molecule has 454 valence electrons. The van der Waals surface area contributed by atoms with Crippen LogP contribution in [-0.4, -0.2) is 89.8 Å². The van der Waals surface area contributed by atoms with Gasteiger partial charge in [0.1, 0.15) is 55.5 Å². The van der Waals surface area contributed by atoms with Crippen LogP contribution in [0.2, 0.25) is 0 Å². The van der Waals surface area contributed by atoms with Crippen LogP contribution in [0.25, 0.3) is 44.6 Å².